The SMILES string of the molecule is CNC(C)c1ccc(C)cc1OCCF. The molecule has 84 valence electrons. The molecule has 1 N–H and O–H groups in total. The van der Waals surface area contributed by atoms with Crippen molar-refractivity contribution in [3.05, 3.63) is 29.3 Å². The molecule has 1 atom stereocenters. The molecule has 1 rings (SSSR count). The first kappa shape index (κ1) is 12.0. The zero-order chi connectivity index (χ0) is 11.3. The molecule has 0 bridgehead atoms. The van der Waals surface area contributed by atoms with Gasteiger partial charge in [-0.25, -0.2) is 4.39 Å². The molecule has 3 heteroatoms. The first-order valence-electron chi connectivity index (χ1n) is 5.15. The van der Waals surface area contributed by atoms with Gasteiger partial charge in [0, 0.05) is 11.6 Å². The molecule has 0 aliphatic carbocycles. The predicted octanol–water partition coefficient (Wildman–Crippen LogP) is 2.62. The van der Waals surface area contributed by atoms with Crippen LogP contribution in [0.5, 0.6) is 5.75 Å². The van der Waals surface area contributed by atoms with Crippen molar-refractivity contribution in [3.8, 4) is 5.75 Å². The summed E-state index contributed by atoms with van der Waals surface area (Å²) in [5.41, 5.74) is 2.19. The maximum absolute atomic E-state index is 12.1. The molecule has 0 spiro atoms. The minimum Gasteiger partial charge on any atom is -0.491 e. The lowest BCUT2D eigenvalue weighted by molar-refractivity contribution is 0.269. The van der Waals surface area contributed by atoms with Gasteiger partial charge in [0.1, 0.15) is 19.0 Å². The summed E-state index contributed by atoms with van der Waals surface area (Å²) < 4.78 is 17.4. The first-order valence-corrected chi connectivity index (χ1v) is 5.15. The van der Waals surface area contributed by atoms with Crippen LogP contribution in [0.4, 0.5) is 4.39 Å². The third kappa shape index (κ3) is 3.20. The summed E-state index contributed by atoms with van der Waals surface area (Å²) in [7, 11) is 1.89. The van der Waals surface area contributed by atoms with Crippen LogP contribution >= 0.6 is 0 Å². The summed E-state index contributed by atoms with van der Waals surface area (Å²) >= 11 is 0. The number of aryl methyl sites for hydroxylation is 1. The highest BCUT2D eigenvalue weighted by atomic mass is 19.1. The van der Waals surface area contributed by atoms with E-state index in [0.717, 1.165) is 16.9 Å². The summed E-state index contributed by atoms with van der Waals surface area (Å²) in [6.45, 7) is 3.71. The Balaban J connectivity index is 2.92. The van der Waals surface area contributed by atoms with Crippen LogP contribution in [0.25, 0.3) is 0 Å². The Labute approximate surface area is 90.4 Å². The van der Waals surface area contributed by atoms with E-state index in [-0.39, 0.29) is 12.6 Å². The average Bonchev–Trinajstić information content (AvgIpc) is 2.25. The second kappa shape index (κ2) is 5.71. The molecule has 0 aliphatic rings. The Kier molecular flexibility index (Phi) is 4.56. The first-order chi connectivity index (χ1) is 7.19. The highest BCUT2D eigenvalue weighted by Crippen LogP contribution is 2.26. The van der Waals surface area contributed by atoms with Crippen LogP contribution in [0.15, 0.2) is 18.2 Å². The van der Waals surface area contributed by atoms with Crippen LogP contribution in [-0.4, -0.2) is 20.3 Å². The lowest BCUT2D eigenvalue weighted by atomic mass is 10.1. The van der Waals surface area contributed by atoms with Crippen molar-refractivity contribution in [1.82, 2.24) is 5.32 Å². The Morgan fingerprint density at radius 1 is 1.47 bits per heavy atom. The van der Waals surface area contributed by atoms with Gasteiger partial charge < -0.3 is 10.1 Å². The number of hydrogen-bond donors (Lipinski definition) is 1. The van der Waals surface area contributed by atoms with E-state index >= 15 is 0 Å². The van der Waals surface area contributed by atoms with Gasteiger partial charge >= 0.3 is 0 Å². The molecule has 1 aromatic carbocycles. The molecule has 0 amide bonds. The number of rotatable bonds is 5. The maximum atomic E-state index is 12.1. The van der Waals surface area contributed by atoms with E-state index in [9.17, 15) is 4.39 Å². The van der Waals surface area contributed by atoms with Gasteiger partial charge in [0.25, 0.3) is 0 Å². The van der Waals surface area contributed by atoms with Gasteiger partial charge in [-0.15, -0.1) is 0 Å². The molecule has 0 fully saturated rings. The van der Waals surface area contributed by atoms with E-state index in [2.05, 4.69) is 5.32 Å². The zero-order valence-corrected chi connectivity index (χ0v) is 9.51. The van der Waals surface area contributed by atoms with E-state index in [0.29, 0.717) is 0 Å². The van der Waals surface area contributed by atoms with Gasteiger partial charge in [0.15, 0.2) is 0 Å². The van der Waals surface area contributed by atoms with E-state index in [4.69, 9.17) is 4.74 Å². The molecular formula is C12H18FNO. The van der Waals surface area contributed by atoms with Crippen LogP contribution < -0.4 is 10.1 Å². The monoisotopic (exact) mass is 211 g/mol. The van der Waals surface area contributed by atoms with Gasteiger partial charge in [0.05, 0.1) is 0 Å². The molecule has 1 aromatic rings. The lowest BCUT2D eigenvalue weighted by Gasteiger charge is -2.16. The molecule has 0 radical (unpaired) electrons. The van der Waals surface area contributed by atoms with Crippen LogP contribution in [0.3, 0.4) is 0 Å². The molecular weight excluding hydrogens is 193 g/mol. The fraction of sp³-hybridized carbons (Fsp3) is 0.500. The Hall–Kier alpha value is -1.09. The Morgan fingerprint density at radius 3 is 2.80 bits per heavy atom. The highest BCUT2D eigenvalue weighted by molar-refractivity contribution is 5.39. The average molecular weight is 211 g/mol. The minimum atomic E-state index is -0.457. The van der Waals surface area contributed by atoms with E-state index in [1.54, 1.807) is 0 Å². The Bertz CT molecular complexity index is 314. The van der Waals surface area contributed by atoms with Gasteiger partial charge in [-0.3, -0.25) is 0 Å². The van der Waals surface area contributed by atoms with Crippen molar-refractivity contribution in [1.29, 1.82) is 0 Å². The van der Waals surface area contributed by atoms with Crippen molar-refractivity contribution in [2.24, 2.45) is 0 Å². The fourth-order valence-electron chi connectivity index (χ4n) is 1.43. The third-order valence-electron chi connectivity index (χ3n) is 2.40. The second-order valence-electron chi connectivity index (χ2n) is 3.59. The summed E-state index contributed by atoms with van der Waals surface area (Å²) in [6.07, 6.45) is 0. The quantitative estimate of drug-likeness (QED) is 0.808. The molecule has 2 nitrogen and oxygen atoms in total. The maximum Gasteiger partial charge on any atom is 0.124 e. The molecule has 0 aromatic heterocycles. The number of halogens is 1. The van der Waals surface area contributed by atoms with Gasteiger partial charge in [-0.05, 0) is 32.5 Å². The van der Waals surface area contributed by atoms with Gasteiger partial charge in [0.2, 0.25) is 0 Å². The van der Waals surface area contributed by atoms with Crippen LogP contribution in [-0.2, 0) is 0 Å². The topological polar surface area (TPSA) is 21.3 Å². The molecule has 0 heterocycles. The van der Waals surface area contributed by atoms with Crippen molar-refractivity contribution in [2.45, 2.75) is 19.9 Å². The number of alkyl halides is 1. The van der Waals surface area contributed by atoms with Gasteiger partial charge in [-0.2, -0.15) is 0 Å². The van der Waals surface area contributed by atoms with E-state index in [1.165, 1.54) is 0 Å². The van der Waals surface area contributed by atoms with E-state index < -0.39 is 6.67 Å². The van der Waals surface area contributed by atoms with Crippen LogP contribution in [0.2, 0.25) is 0 Å². The third-order valence-corrected chi connectivity index (χ3v) is 2.40. The highest BCUT2D eigenvalue weighted by Gasteiger charge is 2.09. The smallest absolute Gasteiger partial charge is 0.124 e. The minimum absolute atomic E-state index is 0.118. The standard InChI is InChI=1S/C12H18FNO/c1-9-4-5-11(10(2)14-3)12(8-9)15-7-6-13/h4-5,8,10,14H,6-7H2,1-3H3. The summed E-state index contributed by atoms with van der Waals surface area (Å²) in [4.78, 5) is 0. The zero-order valence-electron chi connectivity index (χ0n) is 9.51. The van der Waals surface area contributed by atoms with Crippen LogP contribution in [0, 0.1) is 6.92 Å². The number of hydrogen-bond acceptors (Lipinski definition) is 2. The predicted molar refractivity (Wildman–Crippen MR) is 60.1 cm³/mol. The Morgan fingerprint density at radius 2 is 2.20 bits per heavy atom. The number of benzene rings is 1. The molecule has 0 saturated carbocycles. The normalized spacial score (nSPS) is 12.5. The number of nitrogens with one attached hydrogen (secondary N) is 1. The molecule has 0 aliphatic heterocycles. The summed E-state index contributed by atoms with van der Waals surface area (Å²) in [5, 5.41) is 3.14. The van der Waals surface area contributed by atoms with Crippen molar-refractivity contribution < 1.29 is 9.13 Å². The lowest BCUT2D eigenvalue weighted by Crippen LogP contribution is -2.14. The largest absolute Gasteiger partial charge is 0.491 e. The van der Waals surface area contributed by atoms with Crippen LogP contribution in [0.1, 0.15) is 24.1 Å². The summed E-state index contributed by atoms with van der Waals surface area (Å²) in [6, 6.07) is 6.20. The molecule has 1 unspecified atom stereocenters. The fourth-order valence-corrected chi connectivity index (χ4v) is 1.43. The molecule has 15 heavy (non-hydrogen) atoms. The van der Waals surface area contributed by atoms with Gasteiger partial charge in [-0.1, -0.05) is 12.1 Å². The van der Waals surface area contributed by atoms with E-state index in [1.807, 2.05) is 39.1 Å². The second-order valence-corrected chi connectivity index (χ2v) is 3.59. The van der Waals surface area contributed by atoms with Crippen molar-refractivity contribution in [3.63, 3.8) is 0 Å². The van der Waals surface area contributed by atoms with Crippen molar-refractivity contribution in [2.75, 3.05) is 20.3 Å². The van der Waals surface area contributed by atoms with Crippen molar-refractivity contribution >= 4 is 0 Å². The number of ether oxygens (including phenoxy) is 1. The summed E-state index contributed by atoms with van der Waals surface area (Å²) in [5.74, 6) is 0.773. The molecule has 0 saturated heterocycles.